The van der Waals surface area contributed by atoms with Gasteiger partial charge in [0.1, 0.15) is 0 Å². The number of likely N-dealkylation sites (tertiary alicyclic amines) is 1. The minimum atomic E-state index is 0.336. The van der Waals surface area contributed by atoms with Crippen LogP contribution in [-0.4, -0.2) is 48.8 Å². The van der Waals surface area contributed by atoms with E-state index in [4.69, 9.17) is 5.11 Å². The highest BCUT2D eigenvalue weighted by Gasteiger charge is 2.17. The summed E-state index contributed by atoms with van der Waals surface area (Å²) in [6, 6.07) is 0.710. The highest BCUT2D eigenvalue weighted by Crippen LogP contribution is 2.10. The van der Waals surface area contributed by atoms with Gasteiger partial charge in [-0.05, 0) is 65.6 Å². The Bertz CT molecular complexity index is 229. The largest absolute Gasteiger partial charge is 0.396 e. The summed E-state index contributed by atoms with van der Waals surface area (Å²) in [5.41, 5.74) is 1.42. The lowest BCUT2D eigenvalue weighted by atomic mass is 10.0. The topological polar surface area (TPSA) is 35.5 Å². The standard InChI is InChI=1S/C15H30N2O/c1-14(2)6-10-17-11-7-15(8-12-17)16-9-4-3-5-13-18/h6,15-16,18H,3-5,7-13H2,1-2H3. The van der Waals surface area contributed by atoms with E-state index in [1.54, 1.807) is 0 Å². The number of unbranched alkanes of at least 4 members (excludes halogenated alkanes) is 2. The third kappa shape index (κ3) is 7.14. The first-order valence-corrected chi connectivity index (χ1v) is 7.42. The molecule has 1 aliphatic rings. The van der Waals surface area contributed by atoms with Crippen molar-refractivity contribution in [3.8, 4) is 0 Å². The summed E-state index contributed by atoms with van der Waals surface area (Å²) in [4.78, 5) is 2.54. The minimum absolute atomic E-state index is 0.336. The SMILES string of the molecule is CC(C)=CCN1CCC(NCCCCCO)CC1. The molecule has 0 spiro atoms. The fourth-order valence-corrected chi connectivity index (χ4v) is 2.35. The van der Waals surface area contributed by atoms with Crippen LogP contribution in [-0.2, 0) is 0 Å². The molecule has 1 heterocycles. The number of rotatable bonds is 8. The van der Waals surface area contributed by atoms with Crippen molar-refractivity contribution in [3.63, 3.8) is 0 Å². The maximum Gasteiger partial charge on any atom is 0.0431 e. The van der Waals surface area contributed by atoms with Crippen LogP contribution in [0.3, 0.4) is 0 Å². The van der Waals surface area contributed by atoms with Crippen LogP contribution in [0.2, 0.25) is 0 Å². The molecule has 1 aliphatic heterocycles. The summed E-state index contributed by atoms with van der Waals surface area (Å²) in [6.45, 7) is 9.34. The van der Waals surface area contributed by atoms with E-state index >= 15 is 0 Å². The molecule has 2 N–H and O–H groups in total. The molecule has 106 valence electrons. The number of nitrogens with one attached hydrogen (secondary N) is 1. The van der Waals surface area contributed by atoms with Crippen LogP contribution in [0.15, 0.2) is 11.6 Å². The highest BCUT2D eigenvalue weighted by atomic mass is 16.2. The van der Waals surface area contributed by atoms with E-state index in [1.165, 1.54) is 37.9 Å². The Hall–Kier alpha value is -0.380. The Morgan fingerprint density at radius 3 is 2.56 bits per heavy atom. The summed E-state index contributed by atoms with van der Waals surface area (Å²) in [5.74, 6) is 0. The molecule has 3 heteroatoms. The number of hydrogen-bond acceptors (Lipinski definition) is 3. The normalized spacial score (nSPS) is 17.9. The van der Waals surface area contributed by atoms with Crippen molar-refractivity contribution in [2.75, 3.05) is 32.8 Å². The first-order valence-electron chi connectivity index (χ1n) is 7.42. The molecule has 3 nitrogen and oxygen atoms in total. The van der Waals surface area contributed by atoms with E-state index in [0.717, 1.165) is 25.9 Å². The first-order chi connectivity index (χ1) is 8.72. The summed E-state index contributed by atoms with van der Waals surface area (Å²) in [7, 11) is 0. The monoisotopic (exact) mass is 254 g/mol. The number of nitrogens with zero attached hydrogens (tertiary/aromatic N) is 1. The predicted octanol–water partition coefficient (Wildman–Crippen LogP) is 2.17. The maximum atomic E-state index is 8.70. The maximum absolute atomic E-state index is 8.70. The van der Waals surface area contributed by atoms with Crippen LogP contribution in [0.1, 0.15) is 46.0 Å². The summed E-state index contributed by atoms with van der Waals surface area (Å²) >= 11 is 0. The van der Waals surface area contributed by atoms with Crippen LogP contribution in [0.4, 0.5) is 0 Å². The van der Waals surface area contributed by atoms with Crippen LogP contribution >= 0.6 is 0 Å². The molecular formula is C15H30N2O. The molecule has 0 bridgehead atoms. The lowest BCUT2D eigenvalue weighted by Crippen LogP contribution is -2.42. The smallest absolute Gasteiger partial charge is 0.0431 e. The zero-order valence-corrected chi connectivity index (χ0v) is 12.1. The van der Waals surface area contributed by atoms with Gasteiger partial charge in [0.2, 0.25) is 0 Å². The molecule has 0 unspecified atom stereocenters. The second-order valence-electron chi connectivity index (χ2n) is 5.59. The molecule has 0 radical (unpaired) electrons. The molecular weight excluding hydrogens is 224 g/mol. The van der Waals surface area contributed by atoms with E-state index in [-0.39, 0.29) is 0 Å². The van der Waals surface area contributed by atoms with Gasteiger partial charge in [0.15, 0.2) is 0 Å². The Morgan fingerprint density at radius 1 is 1.22 bits per heavy atom. The van der Waals surface area contributed by atoms with Gasteiger partial charge < -0.3 is 10.4 Å². The number of aliphatic hydroxyl groups is 1. The molecule has 0 amide bonds. The Kier molecular flexibility index (Phi) is 8.31. The predicted molar refractivity (Wildman–Crippen MR) is 77.8 cm³/mol. The third-order valence-corrected chi connectivity index (χ3v) is 3.61. The van der Waals surface area contributed by atoms with E-state index < -0.39 is 0 Å². The Balaban J connectivity index is 2.03. The van der Waals surface area contributed by atoms with Gasteiger partial charge in [0.05, 0.1) is 0 Å². The van der Waals surface area contributed by atoms with Crippen molar-refractivity contribution in [1.82, 2.24) is 10.2 Å². The molecule has 0 aromatic carbocycles. The van der Waals surface area contributed by atoms with E-state index in [1.807, 2.05) is 0 Å². The second kappa shape index (κ2) is 9.54. The van der Waals surface area contributed by atoms with E-state index in [9.17, 15) is 0 Å². The molecule has 1 fully saturated rings. The van der Waals surface area contributed by atoms with Crippen molar-refractivity contribution in [2.45, 2.75) is 52.0 Å². The zero-order chi connectivity index (χ0) is 13.2. The van der Waals surface area contributed by atoms with Crippen LogP contribution in [0.25, 0.3) is 0 Å². The molecule has 0 saturated carbocycles. The number of piperidine rings is 1. The van der Waals surface area contributed by atoms with Crippen LogP contribution < -0.4 is 5.32 Å². The lowest BCUT2D eigenvalue weighted by molar-refractivity contribution is 0.214. The van der Waals surface area contributed by atoms with Crippen molar-refractivity contribution < 1.29 is 5.11 Å². The van der Waals surface area contributed by atoms with Gasteiger partial charge >= 0.3 is 0 Å². The van der Waals surface area contributed by atoms with Gasteiger partial charge in [-0.1, -0.05) is 11.6 Å². The number of aliphatic hydroxyl groups excluding tert-OH is 1. The van der Waals surface area contributed by atoms with Gasteiger partial charge in [-0.25, -0.2) is 0 Å². The molecule has 1 saturated heterocycles. The molecule has 0 aromatic rings. The highest BCUT2D eigenvalue weighted by molar-refractivity contribution is 4.95. The third-order valence-electron chi connectivity index (χ3n) is 3.61. The minimum Gasteiger partial charge on any atom is -0.396 e. The fourth-order valence-electron chi connectivity index (χ4n) is 2.35. The molecule has 1 rings (SSSR count). The summed E-state index contributed by atoms with van der Waals surface area (Å²) in [6.07, 6.45) is 8.15. The average molecular weight is 254 g/mol. The van der Waals surface area contributed by atoms with Crippen molar-refractivity contribution in [1.29, 1.82) is 0 Å². The molecule has 0 atom stereocenters. The number of allylic oxidation sites excluding steroid dienone is 1. The zero-order valence-electron chi connectivity index (χ0n) is 12.1. The Labute approximate surface area is 112 Å². The fraction of sp³-hybridized carbons (Fsp3) is 0.867. The van der Waals surface area contributed by atoms with Crippen molar-refractivity contribution in [3.05, 3.63) is 11.6 Å². The first kappa shape index (κ1) is 15.7. The molecule has 0 aliphatic carbocycles. The van der Waals surface area contributed by atoms with Gasteiger partial charge in [-0.3, -0.25) is 4.90 Å². The van der Waals surface area contributed by atoms with E-state index in [0.29, 0.717) is 12.6 Å². The quantitative estimate of drug-likeness (QED) is 0.515. The summed E-state index contributed by atoms with van der Waals surface area (Å²) < 4.78 is 0. The number of hydrogen-bond donors (Lipinski definition) is 2. The summed E-state index contributed by atoms with van der Waals surface area (Å²) in [5, 5.41) is 12.3. The molecule has 18 heavy (non-hydrogen) atoms. The second-order valence-corrected chi connectivity index (χ2v) is 5.59. The van der Waals surface area contributed by atoms with Gasteiger partial charge in [0.25, 0.3) is 0 Å². The average Bonchev–Trinajstić information content (AvgIpc) is 2.37. The van der Waals surface area contributed by atoms with Gasteiger partial charge in [-0.2, -0.15) is 0 Å². The van der Waals surface area contributed by atoms with Crippen molar-refractivity contribution >= 4 is 0 Å². The van der Waals surface area contributed by atoms with Gasteiger partial charge in [0, 0.05) is 19.2 Å². The van der Waals surface area contributed by atoms with Crippen molar-refractivity contribution in [2.24, 2.45) is 0 Å². The van der Waals surface area contributed by atoms with Crippen LogP contribution in [0, 0.1) is 0 Å². The Morgan fingerprint density at radius 2 is 1.94 bits per heavy atom. The molecule has 0 aromatic heterocycles. The van der Waals surface area contributed by atoms with Gasteiger partial charge in [-0.15, -0.1) is 0 Å². The van der Waals surface area contributed by atoms with E-state index in [2.05, 4.69) is 30.1 Å². The lowest BCUT2D eigenvalue weighted by Gasteiger charge is -2.31. The van der Waals surface area contributed by atoms with Crippen LogP contribution in [0.5, 0.6) is 0 Å².